The fourth-order valence-electron chi connectivity index (χ4n) is 0. The van der Waals surface area contributed by atoms with Crippen LogP contribution in [0.1, 0.15) is 34.6 Å². The largest absolute Gasteiger partial charge is 0.478 e. The second kappa shape index (κ2) is 5.75. The molecule has 0 spiro atoms. The van der Waals surface area contributed by atoms with Crippen LogP contribution in [0.3, 0.4) is 0 Å². The first-order chi connectivity index (χ1) is 5.59. The molecule has 3 nitrogen and oxygen atoms in total. The number of hydrogen-bond donors (Lipinski definition) is 2. The van der Waals surface area contributed by atoms with E-state index in [1.807, 2.05) is 13.8 Å². The number of carbonyl (C=O) groups is 1. The van der Waals surface area contributed by atoms with Crippen LogP contribution in [0.4, 0.5) is 0 Å². The molecule has 0 unspecified atom stereocenters. The minimum atomic E-state index is -0.935. The first kappa shape index (κ1) is 14.7. The smallest absolute Gasteiger partial charge is 0.330 e. The molecule has 0 bridgehead atoms. The van der Waals surface area contributed by atoms with Crippen LogP contribution in [0.2, 0.25) is 0 Å². The van der Waals surface area contributed by atoms with Crippen LogP contribution in [0.15, 0.2) is 12.2 Å². The van der Waals surface area contributed by atoms with E-state index in [1.54, 1.807) is 0 Å². The molecule has 0 aliphatic carbocycles. The lowest BCUT2D eigenvalue weighted by molar-refractivity contribution is -0.132. The molecule has 0 fully saturated rings. The average molecular weight is 187 g/mol. The Balaban J connectivity index is 0. The highest BCUT2D eigenvalue weighted by Gasteiger charge is 2.14. The molecule has 0 radical (unpaired) electrons. The highest BCUT2D eigenvalue weighted by Crippen LogP contribution is 2.09. The minimum absolute atomic E-state index is 0. The van der Waals surface area contributed by atoms with Crippen molar-refractivity contribution >= 4 is 5.97 Å². The zero-order chi connectivity index (χ0) is 11.2. The molecule has 0 amide bonds. The minimum Gasteiger partial charge on any atom is -0.478 e. The number of rotatable bonds is 2. The Morgan fingerprint density at radius 1 is 1.46 bits per heavy atom. The Labute approximate surface area is 80.6 Å². The van der Waals surface area contributed by atoms with Crippen molar-refractivity contribution in [3.8, 4) is 0 Å². The molecule has 0 atom stereocenters. The first-order valence-electron chi connectivity index (χ1n) is 4.26. The maximum Gasteiger partial charge on any atom is 0.330 e. The molecule has 0 aromatic heterocycles. The topological polar surface area (TPSA) is 63.3 Å². The number of aliphatic carboxylic acids is 1. The van der Waals surface area contributed by atoms with Crippen LogP contribution >= 0.6 is 0 Å². The number of hydrogen-bond acceptors (Lipinski definition) is 2. The standard InChI is InChI=1S/C6H15N.C4H6O2/c1-5(2)6(3,4)7;1-3(2)4(5)6/h5H,7H2,1-4H3;1H2,2H3,(H,5,6). The van der Waals surface area contributed by atoms with E-state index in [1.165, 1.54) is 6.92 Å². The van der Waals surface area contributed by atoms with Crippen LogP contribution in [-0.4, -0.2) is 16.6 Å². The molecule has 13 heavy (non-hydrogen) atoms. The molecule has 3 N–H and O–H groups in total. The number of carboxylic acid groups (broad SMARTS) is 1. The fourth-order valence-corrected chi connectivity index (χ4v) is 0. The van der Waals surface area contributed by atoms with Crippen molar-refractivity contribution in [2.45, 2.75) is 40.2 Å². The second-order valence-electron chi connectivity index (χ2n) is 4.06. The fraction of sp³-hybridized carbons (Fsp3) is 0.700. The molecule has 78 valence electrons. The van der Waals surface area contributed by atoms with Crippen molar-refractivity contribution in [3.05, 3.63) is 12.2 Å². The van der Waals surface area contributed by atoms with E-state index in [-0.39, 0.29) is 11.1 Å². The monoisotopic (exact) mass is 187 g/mol. The highest BCUT2D eigenvalue weighted by atomic mass is 16.4. The molecule has 0 saturated heterocycles. The highest BCUT2D eigenvalue weighted by molar-refractivity contribution is 5.84. The van der Waals surface area contributed by atoms with Gasteiger partial charge in [-0.1, -0.05) is 20.4 Å². The van der Waals surface area contributed by atoms with Crippen LogP contribution in [-0.2, 0) is 4.79 Å². The van der Waals surface area contributed by atoms with E-state index < -0.39 is 5.97 Å². The van der Waals surface area contributed by atoms with Gasteiger partial charge < -0.3 is 10.8 Å². The summed E-state index contributed by atoms with van der Waals surface area (Å²) in [6, 6.07) is 0. The lowest BCUT2D eigenvalue weighted by Crippen LogP contribution is -2.37. The summed E-state index contributed by atoms with van der Waals surface area (Å²) in [5.74, 6) is -0.359. The Morgan fingerprint density at radius 2 is 1.62 bits per heavy atom. The van der Waals surface area contributed by atoms with Crippen molar-refractivity contribution in [1.29, 1.82) is 0 Å². The van der Waals surface area contributed by atoms with E-state index in [2.05, 4.69) is 20.4 Å². The van der Waals surface area contributed by atoms with Gasteiger partial charge in [-0.3, -0.25) is 0 Å². The van der Waals surface area contributed by atoms with E-state index >= 15 is 0 Å². The Morgan fingerprint density at radius 3 is 1.62 bits per heavy atom. The van der Waals surface area contributed by atoms with Gasteiger partial charge in [-0.2, -0.15) is 0 Å². The van der Waals surface area contributed by atoms with Crippen molar-refractivity contribution in [2.24, 2.45) is 11.7 Å². The third kappa shape index (κ3) is 11.2. The predicted molar refractivity (Wildman–Crippen MR) is 55.6 cm³/mol. The van der Waals surface area contributed by atoms with Gasteiger partial charge in [0.1, 0.15) is 0 Å². The van der Waals surface area contributed by atoms with E-state index in [9.17, 15) is 4.79 Å². The van der Waals surface area contributed by atoms with Crippen LogP contribution in [0, 0.1) is 5.92 Å². The average Bonchev–Trinajstić information content (AvgIpc) is 1.86. The zero-order valence-electron chi connectivity index (χ0n) is 9.22. The molecular formula is C10H21NO2. The van der Waals surface area contributed by atoms with Gasteiger partial charge in [-0.25, -0.2) is 4.79 Å². The third-order valence-electron chi connectivity index (χ3n) is 1.85. The predicted octanol–water partition coefficient (Wildman–Crippen LogP) is 2.03. The lowest BCUT2D eigenvalue weighted by Gasteiger charge is -2.22. The Kier molecular flexibility index (Phi) is 6.50. The maximum atomic E-state index is 9.60. The summed E-state index contributed by atoms with van der Waals surface area (Å²) in [4.78, 5) is 9.60. The van der Waals surface area contributed by atoms with Crippen LogP contribution in [0.25, 0.3) is 0 Å². The lowest BCUT2D eigenvalue weighted by atomic mass is 9.92. The SMILES string of the molecule is C=C(C)C(=O)O.CC(C)C(C)(C)N. The normalized spacial score (nSPS) is 10.4. The van der Waals surface area contributed by atoms with E-state index in [0.29, 0.717) is 5.92 Å². The Hall–Kier alpha value is -0.830. The van der Waals surface area contributed by atoms with Crippen molar-refractivity contribution in [1.82, 2.24) is 0 Å². The van der Waals surface area contributed by atoms with Gasteiger partial charge in [-0.15, -0.1) is 0 Å². The van der Waals surface area contributed by atoms with Crippen molar-refractivity contribution < 1.29 is 9.90 Å². The number of nitrogens with two attached hydrogens (primary N) is 1. The van der Waals surface area contributed by atoms with Gasteiger partial charge >= 0.3 is 5.97 Å². The van der Waals surface area contributed by atoms with E-state index in [4.69, 9.17) is 10.8 Å². The van der Waals surface area contributed by atoms with Gasteiger partial charge in [0.15, 0.2) is 0 Å². The summed E-state index contributed by atoms with van der Waals surface area (Å²) in [6.07, 6.45) is 0. The second-order valence-corrected chi connectivity index (χ2v) is 4.06. The molecule has 0 aromatic rings. The van der Waals surface area contributed by atoms with Gasteiger partial charge in [0.05, 0.1) is 0 Å². The molecule has 0 aliphatic rings. The van der Waals surface area contributed by atoms with Gasteiger partial charge in [0.2, 0.25) is 0 Å². The summed E-state index contributed by atoms with van der Waals surface area (Å²) >= 11 is 0. The van der Waals surface area contributed by atoms with Crippen LogP contribution in [0.5, 0.6) is 0 Å². The third-order valence-corrected chi connectivity index (χ3v) is 1.85. The molecule has 0 aromatic carbocycles. The summed E-state index contributed by atoms with van der Waals surface area (Å²) < 4.78 is 0. The van der Waals surface area contributed by atoms with Crippen molar-refractivity contribution in [2.75, 3.05) is 0 Å². The molecular weight excluding hydrogens is 166 g/mol. The van der Waals surface area contributed by atoms with Gasteiger partial charge in [0, 0.05) is 11.1 Å². The Bertz CT molecular complexity index is 166. The molecule has 0 heterocycles. The molecule has 3 heteroatoms. The summed E-state index contributed by atoms with van der Waals surface area (Å²) in [6.45, 7) is 12.9. The number of carboxylic acids is 1. The summed E-state index contributed by atoms with van der Waals surface area (Å²) in [5, 5.41) is 7.89. The van der Waals surface area contributed by atoms with Gasteiger partial charge in [0.25, 0.3) is 0 Å². The molecule has 0 saturated carbocycles. The van der Waals surface area contributed by atoms with Crippen molar-refractivity contribution in [3.63, 3.8) is 0 Å². The zero-order valence-corrected chi connectivity index (χ0v) is 9.22. The first-order valence-corrected chi connectivity index (χ1v) is 4.26. The van der Waals surface area contributed by atoms with Crippen LogP contribution < -0.4 is 5.73 Å². The summed E-state index contributed by atoms with van der Waals surface area (Å²) in [5.41, 5.74) is 5.85. The van der Waals surface area contributed by atoms with E-state index in [0.717, 1.165) is 0 Å². The molecule has 0 rings (SSSR count). The summed E-state index contributed by atoms with van der Waals surface area (Å²) in [7, 11) is 0. The maximum absolute atomic E-state index is 9.60. The quantitative estimate of drug-likeness (QED) is 0.650. The van der Waals surface area contributed by atoms with Gasteiger partial charge in [-0.05, 0) is 26.7 Å². The molecule has 0 aliphatic heterocycles.